The summed E-state index contributed by atoms with van der Waals surface area (Å²) in [7, 11) is 1.30. The molecule has 0 bridgehead atoms. The van der Waals surface area contributed by atoms with Crippen LogP contribution in [-0.4, -0.2) is 25.8 Å². The van der Waals surface area contributed by atoms with Crippen molar-refractivity contribution in [3.63, 3.8) is 0 Å². The van der Waals surface area contributed by atoms with Crippen molar-refractivity contribution < 1.29 is 14.3 Å². The van der Waals surface area contributed by atoms with Gasteiger partial charge in [0.25, 0.3) is 0 Å². The number of hydrogen-bond donors (Lipinski definition) is 0. The maximum absolute atomic E-state index is 10.4. The Balaban J connectivity index is 2.95. The van der Waals surface area contributed by atoms with Crippen LogP contribution in [0.15, 0.2) is 0 Å². The lowest BCUT2D eigenvalue weighted by molar-refractivity contribution is 0.0713. The molecule has 0 fully saturated rings. The molecule has 0 saturated heterocycles. The third-order valence-electron chi connectivity index (χ3n) is 1.41. The summed E-state index contributed by atoms with van der Waals surface area (Å²) in [5.41, 5.74) is 0. The lowest BCUT2D eigenvalue weighted by Crippen LogP contribution is -2.05. The number of rotatable bonds is 6. The number of halogens is 1. The minimum Gasteiger partial charge on any atom is -0.438 e. The largest absolute Gasteiger partial charge is 0.507 e. The predicted molar refractivity (Wildman–Crippen MR) is 47.5 cm³/mol. The van der Waals surface area contributed by atoms with E-state index < -0.39 is 6.16 Å². The smallest absolute Gasteiger partial charge is 0.438 e. The molecule has 0 spiro atoms. The fourth-order valence-electron chi connectivity index (χ4n) is 0.765. The Morgan fingerprint density at radius 2 is 1.92 bits per heavy atom. The highest BCUT2D eigenvalue weighted by Gasteiger charge is 1.98. The SMILES string of the molecule is COC(=O)OCCCCCCCl. The lowest BCUT2D eigenvalue weighted by Gasteiger charge is -2.01. The summed E-state index contributed by atoms with van der Waals surface area (Å²) in [5, 5.41) is 0. The average Bonchev–Trinajstić information content (AvgIpc) is 2.10. The van der Waals surface area contributed by atoms with E-state index in [1.165, 1.54) is 7.11 Å². The molecule has 0 aromatic rings. The van der Waals surface area contributed by atoms with Gasteiger partial charge in [-0.05, 0) is 12.8 Å². The van der Waals surface area contributed by atoms with Crippen LogP contribution in [0.25, 0.3) is 0 Å². The van der Waals surface area contributed by atoms with Crippen molar-refractivity contribution in [1.29, 1.82) is 0 Å². The Labute approximate surface area is 78.0 Å². The molecule has 0 heterocycles. The number of carbonyl (C=O) groups is 1. The topological polar surface area (TPSA) is 35.5 Å². The second kappa shape index (κ2) is 8.65. The van der Waals surface area contributed by atoms with Crippen molar-refractivity contribution in [2.45, 2.75) is 25.7 Å². The predicted octanol–water partition coefficient (Wildman–Crippen LogP) is 2.57. The van der Waals surface area contributed by atoms with Gasteiger partial charge in [0.05, 0.1) is 13.7 Å². The maximum Gasteiger partial charge on any atom is 0.507 e. The molecule has 0 saturated carbocycles. The summed E-state index contributed by atoms with van der Waals surface area (Å²) in [6.07, 6.45) is 3.44. The van der Waals surface area contributed by atoms with Crippen LogP contribution in [0.1, 0.15) is 25.7 Å². The van der Waals surface area contributed by atoms with Gasteiger partial charge >= 0.3 is 6.16 Å². The highest BCUT2D eigenvalue weighted by atomic mass is 35.5. The fourth-order valence-corrected chi connectivity index (χ4v) is 0.954. The van der Waals surface area contributed by atoms with Gasteiger partial charge in [-0.1, -0.05) is 12.8 Å². The third kappa shape index (κ3) is 7.66. The van der Waals surface area contributed by atoms with E-state index in [1.807, 2.05) is 0 Å². The van der Waals surface area contributed by atoms with Gasteiger partial charge in [-0.25, -0.2) is 4.79 Å². The first-order valence-electron chi connectivity index (χ1n) is 4.08. The van der Waals surface area contributed by atoms with Gasteiger partial charge in [0.15, 0.2) is 0 Å². The number of ether oxygens (including phenoxy) is 2. The highest BCUT2D eigenvalue weighted by molar-refractivity contribution is 6.17. The molecule has 0 aliphatic heterocycles. The minimum absolute atomic E-state index is 0.439. The van der Waals surface area contributed by atoms with Crippen LogP contribution >= 0.6 is 11.6 Å². The van der Waals surface area contributed by atoms with Gasteiger partial charge < -0.3 is 9.47 Å². The number of hydrogen-bond acceptors (Lipinski definition) is 3. The van der Waals surface area contributed by atoms with E-state index in [4.69, 9.17) is 11.6 Å². The monoisotopic (exact) mass is 194 g/mol. The molecule has 0 atom stereocenters. The van der Waals surface area contributed by atoms with Gasteiger partial charge in [-0.2, -0.15) is 0 Å². The zero-order valence-corrected chi connectivity index (χ0v) is 8.10. The minimum atomic E-state index is -0.604. The molecular weight excluding hydrogens is 180 g/mol. The van der Waals surface area contributed by atoms with Crippen molar-refractivity contribution in [2.75, 3.05) is 19.6 Å². The molecule has 72 valence electrons. The van der Waals surface area contributed by atoms with Gasteiger partial charge in [-0.15, -0.1) is 11.6 Å². The normalized spacial score (nSPS) is 9.50. The number of carbonyl (C=O) groups excluding carboxylic acids is 1. The van der Waals surface area contributed by atoms with E-state index in [-0.39, 0.29) is 0 Å². The van der Waals surface area contributed by atoms with E-state index in [2.05, 4.69) is 9.47 Å². The first-order valence-corrected chi connectivity index (χ1v) is 4.61. The van der Waals surface area contributed by atoms with E-state index in [0.29, 0.717) is 12.5 Å². The average molecular weight is 195 g/mol. The van der Waals surface area contributed by atoms with Gasteiger partial charge in [0.2, 0.25) is 0 Å². The molecule has 0 radical (unpaired) electrons. The molecule has 0 aromatic heterocycles. The second-order valence-corrected chi connectivity index (χ2v) is 2.78. The van der Waals surface area contributed by atoms with Crippen LogP contribution in [0, 0.1) is 0 Å². The number of methoxy groups -OCH3 is 1. The highest BCUT2D eigenvalue weighted by Crippen LogP contribution is 2.01. The standard InChI is InChI=1S/C8H15ClO3/c1-11-8(10)12-7-5-3-2-4-6-9/h2-7H2,1H3. The van der Waals surface area contributed by atoms with Crippen molar-refractivity contribution in [3.8, 4) is 0 Å². The van der Waals surface area contributed by atoms with Crippen LogP contribution in [0.4, 0.5) is 4.79 Å². The molecule has 3 nitrogen and oxygen atoms in total. The third-order valence-corrected chi connectivity index (χ3v) is 1.68. The summed E-state index contributed by atoms with van der Waals surface area (Å²) in [5.74, 6) is 0.706. The first-order chi connectivity index (χ1) is 5.81. The molecule has 0 rings (SSSR count). The van der Waals surface area contributed by atoms with E-state index in [1.54, 1.807) is 0 Å². The maximum atomic E-state index is 10.4. The van der Waals surface area contributed by atoms with Crippen LogP contribution in [0.2, 0.25) is 0 Å². The summed E-state index contributed by atoms with van der Waals surface area (Å²) in [6, 6.07) is 0. The molecule has 0 aliphatic carbocycles. The number of alkyl halides is 1. The van der Waals surface area contributed by atoms with E-state index >= 15 is 0 Å². The Bertz CT molecular complexity index is 117. The van der Waals surface area contributed by atoms with Crippen LogP contribution in [0.5, 0.6) is 0 Å². The Morgan fingerprint density at radius 3 is 2.50 bits per heavy atom. The molecule has 0 amide bonds. The van der Waals surface area contributed by atoms with E-state index in [0.717, 1.165) is 25.7 Å². The molecule has 0 aromatic carbocycles. The molecule has 0 aliphatic rings. The molecule has 0 unspecified atom stereocenters. The lowest BCUT2D eigenvalue weighted by atomic mass is 10.2. The van der Waals surface area contributed by atoms with Crippen molar-refractivity contribution in [1.82, 2.24) is 0 Å². The molecular formula is C8H15ClO3. The summed E-state index contributed by atoms with van der Waals surface area (Å²) in [6.45, 7) is 0.439. The van der Waals surface area contributed by atoms with Crippen molar-refractivity contribution in [2.24, 2.45) is 0 Å². The van der Waals surface area contributed by atoms with E-state index in [9.17, 15) is 4.79 Å². The van der Waals surface area contributed by atoms with Crippen molar-refractivity contribution >= 4 is 17.8 Å². The van der Waals surface area contributed by atoms with Crippen LogP contribution in [-0.2, 0) is 9.47 Å². The fraction of sp³-hybridized carbons (Fsp3) is 0.875. The van der Waals surface area contributed by atoms with Crippen LogP contribution < -0.4 is 0 Å². The zero-order chi connectivity index (χ0) is 9.23. The molecule has 4 heteroatoms. The molecule has 0 N–H and O–H groups in total. The molecule has 12 heavy (non-hydrogen) atoms. The van der Waals surface area contributed by atoms with Gasteiger partial charge in [0, 0.05) is 5.88 Å². The zero-order valence-electron chi connectivity index (χ0n) is 7.35. The summed E-state index contributed by atoms with van der Waals surface area (Å²) in [4.78, 5) is 10.4. The van der Waals surface area contributed by atoms with Gasteiger partial charge in [-0.3, -0.25) is 0 Å². The Morgan fingerprint density at radius 1 is 1.25 bits per heavy atom. The summed E-state index contributed by atoms with van der Waals surface area (Å²) >= 11 is 5.48. The summed E-state index contributed by atoms with van der Waals surface area (Å²) < 4.78 is 8.97. The first kappa shape index (κ1) is 11.6. The van der Waals surface area contributed by atoms with Gasteiger partial charge in [0.1, 0.15) is 0 Å². The Kier molecular flexibility index (Phi) is 8.34. The van der Waals surface area contributed by atoms with Crippen molar-refractivity contribution in [3.05, 3.63) is 0 Å². The second-order valence-electron chi connectivity index (χ2n) is 2.41. The number of unbranched alkanes of at least 4 members (excludes halogenated alkanes) is 3. The quantitative estimate of drug-likeness (QED) is 0.370. The van der Waals surface area contributed by atoms with Crippen LogP contribution in [0.3, 0.4) is 0 Å². The Hall–Kier alpha value is -0.440.